The number of likely N-dealkylation sites (tertiary alicyclic amines) is 1. The molecule has 1 saturated heterocycles. The summed E-state index contributed by atoms with van der Waals surface area (Å²) in [7, 11) is 0. The Morgan fingerprint density at radius 1 is 1.45 bits per heavy atom. The first kappa shape index (κ1) is 8.12. The normalized spacial score (nSPS) is 17.5. The quantitative estimate of drug-likeness (QED) is 0.557. The molecule has 0 radical (unpaired) electrons. The van der Waals surface area contributed by atoms with Crippen LogP contribution in [0.1, 0.15) is 13.3 Å². The molecule has 1 aliphatic rings. The van der Waals surface area contributed by atoms with Crippen molar-refractivity contribution in [2.45, 2.75) is 13.3 Å². The van der Waals surface area contributed by atoms with Gasteiger partial charge in [-0.3, -0.25) is 0 Å². The van der Waals surface area contributed by atoms with Crippen LogP contribution in [0.3, 0.4) is 0 Å². The summed E-state index contributed by atoms with van der Waals surface area (Å²) in [6, 6.07) is 0. The molecule has 60 valence electrons. The van der Waals surface area contributed by atoms with Gasteiger partial charge in [-0.1, -0.05) is 18.7 Å². The van der Waals surface area contributed by atoms with E-state index in [1.54, 1.807) is 0 Å². The van der Waals surface area contributed by atoms with Crippen LogP contribution in [0.2, 0.25) is 0 Å². The van der Waals surface area contributed by atoms with Gasteiger partial charge >= 0.3 is 0 Å². The number of hydrogen-bond acceptors (Lipinski definition) is 1. The van der Waals surface area contributed by atoms with E-state index in [2.05, 4.69) is 24.1 Å². The first-order chi connectivity index (χ1) is 5.24. The first-order valence-electron chi connectivity index (χ1n) is 3.98. The van der Waals surface area contributed by atoms with Gasteiger partial charge in [0, 0.05) is 18.8 Å². The predicted octanol–water partition coefficient (Wildman–Crippen LogP) is 2.34. The van der Waals surface area contributed by atoms with E-state index in [0.29, 0.717) is 0 Å². The second kappa shape index (κ2) is 3.42. The average molecular weight is 149 g/mol. The van der Waals surface area contributed by atoms with Crippen LogP contribution < -0.4 is 0 Å². The summed E-state index contributed by atoms with van der Waals surface area (Å²) in [5.41, 5.74) is 2.30. The fourth-order valence-electron chi connectivity index (χ4n) is 1.11. The number of hydrogen-bond donors (Lipinski definition) is 0. The monoisotopic (exact) mass is 149 g/mol. The summed E-state index contributed by atoms with van der Waals surface area (Å²) < 4.78 is 0. The van der Waals surface area contributed by atoms with Crippen LogP contribution in [0.25, 0.3) is 0 Å². The molecule has 11 heavy (non-hydrogen) atoms. The Kier molecular flexibility index (Phi) is 2.53. The molecule has 1 heterocycles. The molecular weight excluding hydrogens is 134 g/mol. The average Bonchev–Trinajstić information content (AvgIpc) is 1.81. The van der Waals surface area contributed by atoms with E-state index in [9.17, 15) is 0 Å². The van der Waals surface area contributed by atoms with Gasteiger partial charge in [-0.2, -0.15) is 0 Å². The number of allylic oxidation sites excluding steroid dienone is 3. The van der Waals surface area contributed by atoms with Crippen molar-refractivity contribution in [3.63, 3.8) is 0 Å². The van der Waals surface area contributed by atoms with Crippen LogP contribution in [-0.4, -0.2) is 18.0 Å². The molecule has 0 saturated carbocycles. The highest BCUT2D eigenvalue weighted by Gasteiger charge is 2.13. The molecule has 1 fully saturated rings. The van der Waals surface area contributed by atoms with E-state index in [1.807, 2.05) is 13.0 Å². The summed E-state index contributed by atoms with van der Waals surface area (Å²) in [6.07, 6.45) is 5.28. The van der Waals surface area contributed by atoms with Crippen molar-refractivity contribution in [1.82, 2.24) is 4.90 Å². The van der Waals surface area contributed by atoms with Gasteiger partial charge in [0.1, 0.15) is 0 Å². The van der Waals surface area contributed by atoms with E-state index < -0.39 is 0 Å². The molecule has 0 amide bonds. The Hall–Kier alpha value is -0.980. The third-order valence-corrected chi connectivity index (χ3v) is 1.82. The summed E-state index contributed by atoms with van der Waals surface area (Å²) in [5.74, 6) is 0. The van der Waals surface area contributed by atoms with Crippen molar-refractivity contribution in [1.29, 1.82) is 0 Å². The maximum Gasteiger partial charge on any atom is 0.0362 e. The van der Waals surface area contributed by atoms with Gasteiger partial charge in [-0.15, -0.1) is 0 Å². The second-order valence-electron chi connectivity index (χ2n) is 2.96. The standard InChI is InChI=1S/C10H15N/c1-4-10(8-9(2)3)11-6-5-7-11/h4,8H,1-2,5-7H2,3H3/b10-8+. The first-order valence-corrected chi connectivity index (χ1v) is 3.98. The summed E-state index contributed by atoms with van der Waals surface area (Å²) in [6.45, 7) is 11.9. The summed E-state index contributed by atoms with van der Waals surface area (Å²) in [4.78, 5) is 2.31. The topological polar surface area (TPSA) is 3.24 Å². The third kappa shape index (κ3) is 1.97. The highest BCUT2D eigenvalue weighted by molar-refractivity contribution is 5.26. The lowest BCUT2D eigenvalue weighted by molar-refractivity contribution is 0.246. The Labute approximate surface area is 68.7 Å². The molecule has 0 unspecified atom stereocenters. The third-order valence-electron chi connectivity index (χ3n) is 1.82. The van der Waals surface area contributed by atoms with E-state index in [4.69, 9.17) is 0 Å². The highest BCUT2D eigenvalue weighted by atomic mass is 15.2. The molecule has 0 spiro atoms. The lowest BCUT2D eigenvalue weighted by atomic mass is 10.1. The predicted molar refractivity (Wildman–Crippen MR) is 49.3 cm³/mol. The molecule has 0 N–H and O–H groups in total. The fraction of sp³-hybridized carbons (Fsp3) is 0.400. The molecule has 1 nitrogen and oxygen atoms in total. The Morgan fingerprint density at radius 3 is 2.36 bits per heavy atom. The van der Waals surface area contributed by atoms with Gasteiger partial charge in [0.15, 0.2) is 0 Å². The minimum absolute atomic E-state index is 1.09. The molecule has 0 aromatic carbocycles. The van der Waals surface area contributed by atoms with Crippen molar-refractivity contribution >= 4 is 0 Å². The van der Waals surface area contributed by atoms with E-state index in [0.717, 1.165) is 5.57 Å². The zero-order valence-corrected chi connectivity index (χ0v) is 7.14. The van der Waals surface area contributed by atoms with Crippen molar-refractivity contribution in [2.75, 3.05) is 13.1 Å². The number of rotatable bonds is 3. The van der Waals surface area contributed by atoms with Gasteiger partial charge in [0.25, 0.3) is 0 Å². The van der Waals surface area contributed by atoms with Crippen molar-refractivity contribution < 1.29 is 0 Å². The summed E-state index contributed by atoms with van der Waals surface area (Å²) in [5, 5.41) is 0. The molecule has 0 bridgehead atoms. The van der Waals surface area contributed by atoms with Gasteiger partial charge in [-0.05, 0) is 25.5 Å². The van der Waals surface area contributed by atoms with Crippen LogP contribution in [0.15, 0.2) is 36.6 Å². The van der Waals surface area contributed by atoms with Crippen LogP contribution in [0.4, 0.5) is 0 Å². The molecule has 1 heteroatoms. The van der Waals surface area contributed by atoms with E-state index in [1.165, 1.54) is 25.2 Å². The maximum atomic E-state index is 3.83. The minimum atomic E-state index is 1.09. The Morgan fingerprint density at radius 2 is 2.09 bits per heavy atom. The van der Waals surface area contributed by atoms with Gasteiger partial charge in [0.2, 0.25) is 0 Å². The summed E-state index contributed by atoms with van der Waals surface area (Å²) >= 11 is 0. The molecular formula is C10H15N. The molecule has 0 atom stereocenters. The van der Waals surface area contributed by atoms with E-state index in [-0.39, 0.29) is 0 Å². The molecule has 0 aliphatic carbocycles. The Bertz CT molecular complexity index is 197. The Balaban J connectivity index is 2.60. The lowest BCUT2D eigenvalue weighted by Crippen LogP contribution is -2.35. The van der Waals surface area contributed by atoms with Crippen molar-refractivity contribution in [3.05, 3.63) is 36.6 Å². The zero-order valence-electron chi connectivity index (χ0n) is 7.14. The van der Waals surface area contributed by atoms with Crippen LogP contribution in [0.5, 0.6) is 0 Å². The van der Waals surface area contributed by atoms with Crippen LogP contribution in [0, 0.1) is 0 Å². The van der Waals surface area contributed by atoms with Crippen LogP contribution >= 0.6 is 0 Å². The highest BCUT2D eigenvalue weighted by Crippen LogP contribution is 2.16. The molecule has 0 aromatic rings. The second-order valence-corrected chi connectivity index (χ2v) is 2.96. The van der Waals surface area contributed by atoms with Crippen LogP contribution in [-0.2, 0) is 0 Å². The zero-order chi connectivity index (χ0) is 8.27. The largest absolute Gasteiger partial charge is 0.371 e. The van der Waals surface area contributed by atoms with Gasteiger partial charge in [0.05, 0.1) is 0 Å². The van der Waals surface area contributed by atoms with E-state index >= 15 is 0 Å². The van der Waals surface area contributed by atoms with Gasteiger partial charge < -0.3 is 4.90 Å². The fourth-order valence-corrected chi connectivity index (χ4v) is 1.11. The molecule has 1 aliphatic heterocycles. The molecule has 0 aromatic heterocycles. The van der Waals surface area contributed by atoms with Gasteiger partial charge in [-0.25, -0.2) is 0 Å². The van der Waals surface area contributed by atoms with Crippen molar-refractivity contribution in [2.24, 2.45) is 0 Å². The minimum Gasteiger partial charge on any atom is -0.371 e. The smallest absolute Gasteiger partial charge is 0.0362 e. The molecule has 1 rings (SSSR count). The lowest BCUT2D eigenvalue weighted by Gasteiger charge is -2.34. The number of nitrogens with zero attached hydrogens (tertiary/aromatic N) is 1. The maximum absolute atomic E-state index is 3.83. The van der Waals surface area contributed by atoms with Crippen molar-refractivity contribution in [3.8, 4) is 0 Å². The SMILES string of the molecule is C=C/C(=C\C(=C)C)N1CCC1.